The van der Waals surface area contributed by atoms with Crippen molar-refractivity contribution < 1.29 is 9.59 Å². The highest BCUT2D eigenvalue weighted by molar-refractivity contribution is 7.98. The van der Waals surface area contributed by atoms with E-state index in [4.69, 9.17) is 0 Å². The van der Waals surface area contributed by atoms with Gasteiger partial charge in [-0.05, 0) is 25.4 Å². The van der Waals surface area contributed by atoms with Crippen LogP contribution in [0.5, 0.6) is 0 Å². The molecule has 1 atom stereocenters. The lowest BCUT2D eigenvalue weighted by Crippen LogP contribution is -2.47. The monoisotopic (exact) mass is 298 g/mol. The van der Waals surface area contributed by atoms with Crippen LogP contribution in [0.25, 0.3) is 0 Å². The zero-order valence-corrected chi connectivity index (χ0v) is 13.0. The molecule has 0 fully saturated rings. The SMILES string of the molecule is CSCC[C@H](NC(C)=O)C(=O)NCCn1ccnc1C. The molecule has 0 saturated heterocycles. The number of hydrogen-bond donors (Lipinski definition) is 2. The van der Waals surface area contributed by atoms with Gasteiger partial charge in [0.25, 0.3) is 0 Å². The first-order chi connectivity index (χ1) is 9.54. The lowest BCUT2D eigenvalue weighted by atomic mass is 10.2. The fourth-order valence-electron chi connectivity index (χ4n) is 1.81. The molecule has 0 aliphatic carbocycles. The van der Waals surface area contributed by atoms with Crippen LogP contribution in [0.2, 0.25) is 0 Å². The second-order valence-corrected chi connectivity index (χ2v) is 5.48. The predicted octanol–water partition coefficient (Wildman–Crippen LogP) is 0.566. The van der Waals surface area contributed by atoms with Crippen LogP contribution < -0.4 is 10.6 Å². The van der Waals surface area contributed by atoms with Crippen LogP contribution in [-0.4, -0.2) is 46.0 Å². The molecule has 2 amide bonds. The summed E-state index contributed by atoms with van der Waals surface area (Å²) < 4.78 is 1.97. The quantitative estimate of drug-likeness (QED) is 0.735. The van der Waals surface area contributed by atoms with Gasteiger partial charge in [0.1, 0.15) is 11.9 Å². The summed E-state index contributed by atoms with van der Waals surface area (Å²) in [5, 5.41) is 5.54. The fourth-order valence-corrected chi connectivity index (χ4v) is 2.28. The van der Waals surface area contributed by atoms with E-state index in [9.17, 15) is 9.59 Å². The van der Waals surface area contributed by atoms with Gasteiger partial charge >= 0.3 is 0 Å². The van der Waals surface area contributed by atoms with E-state index in [1.807, 2.05) is 23.9 Å². The number of carbonyl (C=O) groups excluding carboxylic acids is 2. The minimum atomic E-state index is -0.455. The van der Waals surface area contributed by atoms with E-state index in [0.717, 1.165) is 11.6 Å². The van der Waals surface area contributed by atoms with Gasteiger partial charge in [0.15, 0.2) is 0 Å². The zero-order valence-electron chi connectivity index (χ0n) is 12.2. The summed E-state index contributed by atoms with van der Waals surface area (Å²) in [5.41, 5.74) is 0. The second-order valence-electron chi connectivity index (χ2n) is 4.49. The van der Waals surface area contributed by atoms with Crippen molar-refractivity contribution in [1.29, 1.82) is 0 Å². The van der Waals surface area contributed by atoms with Gasteiger partial charge in [-0.2, -0.15) is 11.8 Å². The third-order valence-electron chi connectivity index (χ3n) is 2.88. The van der Waals surface area contributed by atoms with Gasteiger partial charge < -0.3 is 15.2 Å². The molecule has 1 rings (SSSR count). The summed E-state index contributed by atoms with van der Waals surface area (Å²) in [6.07, 6.45) is 6.22. The first-order valence-corrected chi connectivity index (χ1v) is 7.95. The Labute approximate surface area is 123 Å². The molecule has 20 heavy (non-hydrogen) atoms. The van der Waals surface area contributed by atoms with Gasteiger partial charge in [0, 0.05) is 32.4 Å². The number of amides is 2. The van der Waals surface area contributed by atoms with E-state index in [1.54, 1.807) is 18.0 Å². The topological polar surface area (TPSA) is 76.0 Å². The van der Waals surface area contributed by atoms with Crippen LogP contribution in [0, 0.1) is 6.92 Å². The molecule has 0 aromatic carbocycles. The average molecular weight is 298 g/mol. The van der Waals surface area contributed by atoms with Crippen LogP contribution in [0.1, 0.15) is 19.2 Å². The van der Waals surface area contributed by atoms with Crippen molar-refractivity contribution in [3.8, 4) is 0 Å². The largest absolute Gasteiger partial charge is 0.353 e. The summed E-state index contributed by atoms with van der Waals surface area (Å²) in [4.78, 5) is 27.3. The van der Waals surface area contributed by atoms with Crippen molar-refractivity contribution >= 4 is 23.6 Å². The highest BCUT2D eigenvalue weighted by atomic mass is 32.2. The minimum Gasteiger partial charge on any atom is -0.353 e. The number of nitrogens with zero attached hydrogens (tertiary/aromatic N) is 2. The molecule has 0 unspecified atom stereocenters. The molecule has 1 aromatic rings. The average Bonchev–Trinajstić information content (AvgIpc) is 2.79. The Morgan fingerprint density at radius 2 is 2.25 bits per heavy atom. The molecule has 0 radical (unpaired) electrons. The van der Waals surface area contributed by atoms with E-state index < -0.39 is 6.04 Å². The zero-order chi connectivity index (χ0) is 15.0. The molecular formula is C13H22N4O2S. The lowest BCUT2D eigenvalue weighted by Gasteiger charge is -2.17. The Balaban J connectivity index is 2.40. The van der Waals surface area contributed by atoms with Crippen LogP contribution in [-0.2, 0) is 16.1 Å². The maximum Gasteiger partial charge on any atom is 0.242 e. The number of nitrogens with one attached hydrogen (secondary N) is 2. The van der Waals surface area contributed by atoms with E-state index in [-0.39, 0.29) is 11.8 Å². The van der Waals surface area contributed by atoms with Crippen LogP contribution in [0.3, 0.4) is 0 Å². The molecule has 112 valence electrons. The van der Waals surface area contributed by atoms with E-state index >= 15 is 0 Å². The van der Waals surface area contributed by atoms with E-state index in [2.05, 4.69) is 15.6 Å². The molecule has 7 heteroatoms. The van der Waals surface area contributed by atoms with Gasteiger partial charge in [-0.3, -0.25) is 9.59 Å². The fraction of sp³-hybridized carbons (Fsp3) is 0.615. The molecule has 0 aliphatic heterocycles. The number of carbonyl (C=O) groups is 2. The van der Waals surface area contributed by atoms with Crippen molar-refractivity contribution in [2.45, 2.75) is 32.9 Å². The van der Waals surface area contributed by atoms with Crippen molar-refractivity contribution in [3.05, 3.63) is 18.2 Å². The van der Waals surface area contributed by atoms with Crippen LogP contribution >= 0.6 is 11.8 Å². The molecule has 6 nitrogen and oxygen atoms in total. The standard InChI is InChI=1S/C13H22N4O2S/c1-10-14-5-7-17(10)8-6-15-13(19)12(4-9-20-3)16-11(2)18/h5,7,12H,4,6,8-9H2,1-3H3,(H,15,19)(H,16,18)/t12-/m0/s1. The Bertz CT molecular complexity index is 447. The highest BCUT2D eigenvalue weighted by Crippen LogP contribution is 2.01. The predicted molar refractivity (Wildman–Crippen MR) is 80.6 cm³/mol. The molecule has 0 saturated carbocycles. The summed E-state index contributed by atoms with van der Waals surface area (Å²) in [7, 11) is 0. The molecule has 1 aromatic heterocycles. The maximum atomic E-state index is 12.0. The third kappa shape index (κ3) is 5.64. The Hall–Kier alpha value is -1.50. The van der Waals surface area contributed by atoms with E-state index in [1.165, 1.54) is 6.92 Å². The molecule has 2 N–H and O–H groups in total. The smallest absolute Gasteiger partial charge is 0.242 e. The highest BCUT2D eigenvalue weighted by Gasteiger charge is 2.18. The van der Waals surface area contributed by atoms with Gasteiger partial charge in [-0.25, -0.2) is 4.98 Å². The number of aromatic nitrogens is 2. The van der Waals surface area contributed by atoms with Gasteiger partial charge in [-0.1, -0.05) is 0 Å². The minimum absolute atomic E-state index is 0.132. The van der Waals surface area contributed by atoms with Gasteiger partial charge in [0.2, 0.25) is 11.8 Å². The lowest BCUT2D eigenvalue weighted by molar-refractivity contribution is -0.128. The Morgan fingerprint density at radius 1 is 1.50 bits per heavy atom. The Kier molecular flexibility index (Phi) is 7.14. The number of rotatable bonds is 8. The van der Waals surface area contributed by atoms with Gasteiger partial charge in [-0.15, -0.1) is 0 Å². The molecule has 0 bridgehead atoms. The molecule has 0 aliphatic rings. The summed E-state index contributed by atoms with van der Waals surface area (Å²) in [6.45, 7) is 4.53. The normalized spacial score (nSPS) is 11.9. The first-order valence-electron chi connectivity index (χ1n) is 6.56. The molecular weight excluding hydrogens is 276 g/mol. The summed E-state index contributed by atoms with van der Waals surface area (Å²) in [5.74, 6) is 1.43. The van der Waals surface area contributed by atoms with Crippen molar-refractivity contribution in [3.63, 3.8) is 0 Å². The van der Waals surface area contributed by atoms with Crippen LogP contribution in [0.4, 0.5) is 0 Å². The number of aryl methyl sites for hydroxylation is 1. The number of imidazole rings is 1. The number of hydrogen-bond acceptors (Lipinski definition) is 4. The van der Waals surface area contributed by atoms with Crippen LogP contribution in [0.15, 0.2) is 12.4 Å². The van der Waals surface area contributed by atoms with Crippen molar-refractivity contribution in [2.24, 2.45) is 0 Å². The third-order valence-corrected chi connectivity index (χ3v) is 3.52. The first kappa shape index (κ1) is 16.6. The Morgan fingerprint density at radius 3 is 2.80 bits per heavy atom. The van der Waals surface area contributed by atoms with E-state index in [0.29, 0.717) is 19.5 Å². The van der Waals surface area contributed by atoms with Gasteiger partial charge in [0.05, 0.1) is 0 Å². The maximum absolute atomic E-state index is 12.0. The summed E-state index contributed by atoms with van der Waals surface area (Å²) >= 11 is 1.65. The number of thioether (sulfide) groups is 1. The summed E-state index contributed by atoms with van der Waals surface area (Å²) in [6, 6.07) is -0.455. The van der Waals surface area contributed by atoms with Crippen molar-refractivity contribution in [2.75, 3.05) is 18.6 Å². The second kappa shape index (κ2) is 8.63. The molecule has 1 heterocycles. The van der Waals surface area contributed by atoms with Crippen molar-refractivity contribution in [1.82, 2.24) is 20.2 Å². The molecule has 0 spiro atoms.